The summed E-state index contributed by atoms with van der Waals surface area (Å²) in [5.41, 5.74) is 2.47. The summed E-state index contributed by atoms with van der Waals surface area (Å²) in [6.45, 7) is 7.01. The molecule has 3 heteroatoms. The normalized spacial score (nSPS) is 20.0. The first-order valence-electron chi connectivity index (χ1n) is 8.97. The Morgan fingerprint density at radius 3 is 2.40 bits per heavy atom. The Morgan fingerprint density at radius 1 is 1.08 bits per heavy atom. The quantitative estimate of drug-likeness (QED) is 0.587. The van der Waals surface area contributed by atoms with Gasteiger partial charge >= 0.3 is 0 Å². The minimum atomic E-state index is -0.438. The van der Waals surface area contributed by atoms with Crippen molar-refractivity contribution in [3.63, 3.8) is 0 Å². The van der Waals surface area contributed by atoms with E-state index in [-0.39, 0.29) is 6.10 Å². The van der Waals surface area contributed by atoms with Crippen LogP contribution in [0.2, 0.25) is 0 Å². The van der Waals surface area contributed by atoms with Crippen LogP contribution in [0.5, 0.6) is 0 Å². The van der Waals surface area contributed by atoms with Gasteiger partial charge < -0.3 is 9.47 Å². The Bertz CT molecular complexity index is 720. The first kappa shape index (κ1) is 18.2. The van der Waals surface area contributed by atoms with Gasteiger partial charge in [-0.05, 0) is 43.0 Å². The SMILES string of the molecule is CCC1(CC)OCC(/C(=C\c2ccccc2)Sc2ccccc2C)O1. The average Bonchev–Trinajstić information content (AvgIpc) is 3.09. The number of thioether (sulfide) groups is 1. The molecule has 2 aromatic rings. The van der Waals surface area contributed by atoms with E-state index in [0.29, 0.717) is 6.61 Å². The smallest absolute Gasteiger partial charge is 0.168 e. The maximum absolute atomic E-state index is 6.38. The first-order chi connectivity index (χ1) is 12.2. The van der Waals surface area contributed by atoms with E-state index in [1.807, 2.05) is 6.07 Å². The second-order valence-electron chi connectivity index (χ2n) is 6.36. The van der Waals surface area contributed by atoms with Crippen molar-refractivity contribution >= 4 is 17.8 Å². The predicted octanol–water partition coefficient (Wildman–Crippen LogP) is 6.06. The average molecular weight is 355 g/mol. The minimum Gasteiger partial charge on any atom is -0.347 e. The second-order valence-corrected chi connectivity index (χ2v) is 7.48. The molecule has 0 aliphatic carbocycles. The molecule has 0 saturated carbocycles. The van der Waals surface area contributed by atoms with Crippen molar-refractivity contribution in [3.05, 3.63) is 70.6 Å². The van der Waals surface area contributed by atoms with Crippen LogP contribution in [0.4, 0.5) is 0 Å². The number of ether oxygens (including phenoxy) is 2. The van der Waals surface area contributed by atoms with Crippen LogP contribution in [0.15, 0.2) is 64.4 Å². The van der Waals surface area contributed by atoms with E-state index in [1.165, 1.54) is 20.9 Å². The third kappa shape index (κ3) is 4.35. The molecule has 2 aromatic carbocycles. The summed E-state index contributed by atoms with van der Waals surface area (Å²) < 4.78 is 12.4. The summed E-state index contributed by atoms with van der Waals surface area (Å²) >= 11 is 1.79. The van der Waals surface area contributed by atoms with Crippen LogP contribution >= 0.6 is 11.8 Å². The number of hydrogen-bond acceptors (Lipinski definition) is 3. The van der Waals surface area contributed by atoms with E-state index in [9.17, 15) is 0 Å². The zero-order chi connectivity index (χ0) is 17.7. The Kier molecular flexibility index (Phi) is 6.00. The second kappa shape index (κ2) is 8.22. The Morgan fingerprint density at radius 2 is 1.76 bits per heavy atom. The summed E-state index contributed by atoms with van der Waals surface area (Å²) in [5.74, 6) is -0.438. The highest BCUT2D eigenvalue weighted by atomic mass is 32.2. The van der Waals surface area contributed by atoms with E-state index in [4.69, 9.17) is 9.47 Å². The molecule has 25 heavy (non-hydrogen) atoms. The molecule has 1 saturated heterocycles. The third-order valence-electron chi connectivity index (χ3n) is 4.68. The van der Waals surface area contributed by atoms with Crippen LogP contribution in [-0.4, -0.2) is 18.5 Å². The molecule has 3 rings (SSSR count). The van der Waals surface area contributed by atoms with Crippen LogP contribution in [0.3, 0.4) is 0 Å². The summed E-state index contributed by atoms with van der Waals surface area (Å²) in [5, 5.41) is 0. The van der Waals surface area contributed by atoms with Gasteiger partial charge in [0.25, 0.3) is 0 Å². The van der Waals surface area contributed by atoms with Gasteiger partial charge in [-0.3, -0.25) is 0 Å². The van der Waals surface area contributed by atoms with Crippen LogP contribution in [0.1, 0.15) is 37.8 Å². The summed E-state index contributed by atoms with van der Waals surface area (Å²) in [6, 6.07) is 18.9. The Hall–Kier alpha value is -1.55. The monoisotopic (exact) mass is 354 g/mol. The zero-order valence-electron chi connectivity index (χ0n) is 15.2. The van der Waals surface area contributed by atoms with Gasteiger partial charge in [-0.15, -0.1) is 0 Å². The van der Waals surface area contributed by atoms with E-state index in [1.54, 1.807) is 11.8 Å². The highest BCUT2D eigenvalue weighted by Crippen LogP contribution is 2.40. The highest BCUT2D eigenvalue weighted by molar-refractivity contribution is 8.03. The van der Waals surface area contributed by atoms with Crippen LogP contribution < -0.4 is 0 Å². The first-order valence-corrected chi connectivity index (χ1v) is 9.79. The summed E-state index contributed by atoms with van der Waals surface area (Å²) in [6.07, 6.45) is 3.94. The number of aryl methyl sites for hydroxylation is 1. The largest absolute Gasteiger partial charge is 0.347 e. The van der Waals surface area contributed by atoms with Gasteiger partial charge in [-0.1, -0.05) is 74.1 Å². The molecule has 0 amide bonds. The molecule has 1 heterocycles. The number of rotatable bonds is 6. The molecule has 1 aliphatic heterocycles. The Labute approximate surface area is 155 Å². The molecule has 0 radical (unpaired) electrons. The van der Waals surface area contributed by atoms with Gasteiger partial charge in [0.2, 0.25) is 0 Å². The van der Waals surface area contributed by atoms with Gasteiger partial charge in [0.15, 0.2) is 5.79 Å². The van der Waals surface area contributed by atoms with Gasteiger partial charge in [0, 0.05) is 9.80 Å². The molecule has 1 fully saturated rings. The lowest BCUT2D eigenvalue weighted by Gasteiger charge is -2.25. The van der Waals surface area contributed by atoms with E-state index in [2.05, 4.69) is 75.4 Å². The lowest BCUT2D eigenvalue weighted by molar-refractivity contribution is -0.167. The molecule has 0 bridgehead atoms. The molecule has 0 N–H and O–H groups in total. The van der Waals surface area contributed by atoms with Crippen molar-refractivity contribution < 1.29 is 9.47 Å². The topological polar surface area (TPSA) is 18.5 Å². The molecule has 2 nitrogen and oxygen atoms in total. The fraction of sp³-hybridized carbons (Fsp3) is 0.364. The van der Waals surface area contributed by atoms with Crippen molar-refractivity contribution in [3.8, 4) is 0 Å². The van der Waals surface area contributed by atoms with E-state index in [0.717, 1.165) is 12.8 Å². The maximum atomic E-state index is 6.38. The van der Waals surface area contributed by atoms with Gasteiger partial charge in [-0.25, -0.2) is 0 Å². The lowest BCUT2D eigenvalue weighted by atomic mass is 10.1. The van der Waals surface area contributed by atoms with Crippen LogP contribution in [0.25, 0.3) is 6.08 Å². The standard InChI is InChI=1S/C22H26O2S/c1-4-22(5-2)23-16-19(24-22)21(15-18-12-7-6-8-13-18)25-20-14-10-9-11-17(20)3/h6-15,19H,4-5,16H2,1-3H3/b21-15+. The molecule has 1 unspecified atom stereocenters. The minimum absolute atomic E-state index is 0.0234. The number of benzene rings is 2. The molecule has 0 aromatic heterocycles. The molecule has 0 spiro atoms. The van der Waals surface area contributed by atoms with Crippen LogP contribution in [-0.2, 0) is 9.47 Å². The highest BCUT2D eigenvalue weighted by Gasteiger charge is 2.40. The summed E-state index contributed by atoms with van der Waals surface area (Å²) in [4.78, 5) is 2.46. The number of hydrogen-bond donors (Lipinski definition) is 0. The van der Waals surface area contributed by atoms with E-state index >= 15 is 0 Å². The molecule has 1 atom stereocenters. The Balaban J connectivity index is 1.90. The van der Waals surface area contributed by atoms with Crippen molar-refractivity contribution in [2.75, 3.05) is 6.61 Å². The molecular formula is C22H26O2S. The van der Waals surface area contributed by atoms with Gasteiger partial charge in [0.05, 0.1) is 6.61 Å². The fourth-order valence-corrected chi connectivity index (χ4v) is 4.09. The lowest BCUT2D eigenvalue weighted by Crippen LogP contribution is -2.29. The van der Waals surface area contributed by atoms with Crippen molar-refractivity contribution in [1.29, 1.82) is 0 Å². The van der Waals surface area contributed by atoms with Gasteiger partial charge in [0.1, 0.15) is 6.10 Å². The predicted molar refractivity (Wildman–Crippen MR) is 106 cm³/mol. The maximum Gasteiger partial charge on any atom is 0.168 e. The summed E-state index contributed by atoms with van der Waals surface area (Å²) in [7, 11) is 0. The molecule has 1 aliphatic rings. The third-order valence-corrected chi connectivity index (χ3v) is 5.97. The fourth-order valence-electron chi connectivity index (χ4n) is 3.02. The van der Waals surface area contributed by atoms with Crippen molar-refractivity contribution in [2.45, 2.75) is 50.4 Å². The van der Waals surface area contributed by atoms with E-state index < -0.39 is 5.79 Å². The van der Waals surface area contributed by atoms with Crippen LogP contribution in [0, 0.1) is 6.92 Å². The van der Waals surface area contributed by atoms with Crippen molar-refractivity contribution in [2.24, 2.45) is 0 Å². The zero-order valence-corrected chi connectivity index (χ0v) is 16.0. The molecular weight excluding hydrogens is 328 g/mol. The van der Waals surface area contributed by atoms with Gasteiger partial charge in [-0.2, -0.15) is 0 Å². The molecule has 132 valence electrons. The van der Waals surface area contributed by atoms with Crippen molar-refractivity contribution in [1.82, 2.24) is 0 Å².